The molecule has 0 spiro atoms. The molecular formula is C13H13ClN4O2. The summed E-state index contributed by atoms with van der Waals surface area (Å²) in [6.45, 7) is 2.61. The Balaban J connectivity index is 2.36. The van der Waals surface area contributed by atoms with E-state index in [1.807, 2.05) is 6.92 Å². The van der Waals surface area contributed by atoms with Crippen molar-refractivity contribution in [3.63, 3.8) is 0 Å². The third-order valence-corrected chi connectivity index (χ3v) is 2.75. The van der Waals surface area contributed by atoms with Crippen LogP contribution in [0.1, 0.15) is 6.92 Å². The van der Waals surface area contributed by atoms with E-state index in [-0.39, 0.29) is 11.5 Å². The Hall–Kier alpha value is -2.34. The van der Waals surface area contributed by atoms with Gasteiger partial charge in [-0.1, -0.05) is 17.7 Å². The van der Waals surface area contributed by atoms with E-state index in [1.165, 1.54) is 6.07 Å². The first-order valence-electron chi connectivity index (χ1n) is 6.02. The smallest absolute Gasteiger partial charge is 0.311 e. The number of hydrogen-bond acceptors (Lipinski definition) is 5. The van der Waals surface area contributed by atoms with Crippen LogP contribution in [0.5, 0.6) is 0 Å². The van der Waals surface area contributed by atoms with E-state index in [2.05, 4.69) is 15.6 Å². The zero-order valence-electron chi connectivity index (χ0n) is 10.8. The number of halogens is 1. The van der Waals surface area contributed by atoms with Crippen LogP contribution in [0.2, 0.25) is 5.02 Å². The lowest BCUT2D eigenvalue weighted by Gasteiger charge is -2.09. The van der Waals surface area contributed by atoms with Crippen LogP contribution in [0.25, 0.3) is 0 Å². The highest BCUT2D eigenvalue weighted by atomic mass is 35.5. The van der Waals surface area contributed by atoms with E-state index < -0.39 is 4.92 Å². The van der Waals surface area contributed by atoms with Gasteiger partial charge in [0.15, 0.2) is 0 Å². The van der Waals surface area contributed by atoms with E-state index in [0.29, 0.717) is 23.1 Å². The Labute approximate surface area is 120 Å². The van der Waals surface area contributed by atoms with Crippen LogP contribution in [-0.2, 0) is 0 Å². The van der Waals surface area contributed by atoms with Crippen molar-refractivity contribution >= 4 is 34.6 Å². The van der Waals surface area contributed by atoms with Crippen LogP contribution in [0.4, 0.5) is 23.0 Å². The monoisotopic (exact) mass is 292 g/mol. The number of hydrogen-bond donors (Lipinski definition) is 2. The van der Waals surface area contributed by atoms with Gasteiger partial charge in [0, 0.05) is 23.3 Å². The predicted octanol–water partition coefficient (Wildman–Crippen LogP) is 3.82. The zero-order valence-corrected chi connectivity index (χ0v) is 11.5. The standard InChI is InChI=1S/C13H13ClN4O2/c1-2-15-12-7-6-11(18(19)20)13(17-12)16-10-5-3-4-9(14)8-10/h3-8H,2H2,1H3,(H2,15,16,17). The lowest BCUT2D eigenvalue weighted by Crippen LogP contribution is -2.04. The molecule has 1 heterocycles. The number of nitro groups is 1. The van der Waals surface area contributed by atoms with Crippen molar-refractivity contribution < 1.29 is 4.92 Å². The maximum Gasteiger partial charge on any atom is 0.311 e. The molecule has 0 atom stereocenters. The van der Waals surface area contributed by atoms with Crippen LogP contribution >= 0.6 is 11.6 Å². The number of aromatic nitrogens is 1. The van der Waals surface area contributed by atoms with Crippen molar-refractivity contribution in [2.45, 2.75) is 6.92 Å². The molecule has 20 heavy (non-hydrogen) atoms. The molecule has 0 unspecified atom stereocenters. The highest BCUT2D eigenvalue weighted by Crippen LogP contribution is 2.28. The van der Waals surface area contributed by atoms with Gasteiger partial charge in [0.1, 0.15) is 5.82 Å². The Morgan fingerprint density at radius 1 is 1.35 bits per heavy atom. The van der Waals surface area contributed by atoms with Crippen LogP contribution < -0.4 is 10.6 Å². The van der Waals surface area contributed by atoms with E-state index in [9.17, 15) is 10.1 Å². The second kappa shape index (κ2) is 6.21. The molecule has 0 fully saturated rings. The van der Waals surface area contributed by atoms with E-state index in [0.717, 1.165) is 0 Å². The average molecular weight is 293 g/mol. The third kappa shape index (κ3) is 3.36. The summed E-state index contributed by atoms with van der Waals surface area (Å²) in [6.07, 6.45) is 0. The second-order valence-electron chi connectivity index (χ2n) is 3.99. The summed E-state index contributed by atoms with van der Waals surface area (Å²) in [5.41, 5.74) is 0.549. The molecule has 0 amide bonds. The van der Waals surface area contributed by atoms with Crippen LogP contribution in [-0.4, -0.2) is 16.5 Å². The third-order valence-electron chi connectivity index (χ3n) is 2.52. The van der Waals surface area contributed by atoms with Gasteiger partial charge < -0.3 is 10.6 Å². The fourth-order valence-corrected chi connectivity index (χ4v) is 1.86. The number of rotatable bonds is 5. The topological polar surface area (TPSA) is 80.1 Å². The number of nitrogens with one attached hydrogen (secondary N) is 2. The molecular weight excluding hydrogens is 280 g/mol. The number of benzene rings is 1. The van der Waals surface area contributed by atoms with Crippen molar-refractivity contribution in [3.8, 4) is 0 Å². The van der Waals surface area contributed by atoms with Gasteiger partial charge in [-0.25, -0.2) is 4.98 Å². The quantitative estimate of drug-likeness (QED) is 0.647. The van der Waals surface area contributed by atoms with Gasteiger partial charge in [0.2, 0.25) is 5.82 Å². The molecule has 2 N–H and O–H groups in total. The van der Waals surface area contributed by atoms with Gasteiger partial charge >= 0.3 is 5.69 Å². The molecule has 0 aliphatic rings. The fraction of sp³-hybridized carbons (Fsp3) is 0.154. The molecule has 6 nitrogen and oxygen atoms in total. The molecule has 0 saturated carbocycles. The lowest BCUT2D eigenvalue weighted by atomic mass is 10.3. The largest absolute Gasteiger partial charge is 0.370 e. The normalized spacial score (nSPS) is 10.1. The molecule has 0 bridgehead atoms. The molecule has 1 aromatic heterocycles. The van der Waals surface area contributed by atoms with Crippen molar-refractivity contribution in [2.24, 2.45) is 0 Å². The minimum absolute atomic E-state index is 0.0911. The Morgan fingerprint density at radius 2 is 2.15 bits per heavy atom. The maximum atomic E-state index is 11.0. The maximum absolute atomic E-state index is 11.0. The Kier molecular flexibility index (Phi) is 4.37. The molecule has 2 aromatic rings. The molecule has 0 radical (unpaired) electrons. The second-order valence-corrected chi connectivity index (χ2v) is 4.42. The molecule has 7 heteroatoms. The lowest BCUT2D eigenvalue weighted by molar-refractivity contribution is -0.384. The first-order valence-corrected chi connectivity index (χ1v) is 6.40. The summed E-state index contributed by atoms with van der Waals surface area (Å²) in [5.74, 6) is 0.748. The first kappa shape index (κ1) is 14.1. The summed E-state index contributed by atoms with van der Waals surface area (Å²) in [4.78, 5) is 14.8. The van der Waals surface area contributed by atoms with Crippen LogP contribution in [0, 0.1) is 10.1 Å². The van der Waals surface area contributed by atoms with Gasteiger partial charge in [-0.3, -0.25) is 10.1 Å². The molecule has 0 aliphatic carbocycles. The summed E-state index contributed by atoms with van der Waals surface area (Å²) in [5, 5.41) is 17.5. The molecule has 1 aromatic carbocycles. The zero-order chi connectivity index (χ0) is 14.5. The SMILES string of the molecule is CCNc1ccc([N+](=O)[O-])c(Nc2cccc(Cl)c2)n1. The van der Waals surface area contributed by atoms with Gasteiger partial charge in [-0.2, -0.15) is 0 Å². The van der Waals surface area contributed by atoms with Gasteiger partial charge in [-0.15, -0.1) is 0 Å². The average Bonchev–Trinajstić information content (AvgIpc) is 2.39. The number of anilines is 3. The van der Waals surface area contributed by atoms with Crippen molar-refractivity contribution in [1.82, 2.24) is 4.98 Å². The number of pyridine rings is 1. The predicted molar refractivity (Wildman–Crippen MR) is 79.8 cm³/mol. The highest BCUT2D eigenvalue weighted by Gasteiger charge is 2.16. The van der Waals surface area contributed by atoms with Crippen molar-refractivity contribution in [2.75, 3.05) is 17.2 Å². The van der Waals surface area contributed by atoms with Crippen LogP contribution in [0.3, 0.4) is 0 Å². The molecule has 0 aliphatic heterocycles. The van der Waals surface area contributed by atoms with Crippen LogP contribution in [0.15, 0.2) is 36.4 Å². The minimum atomic E-state index is -0.477. The summed E-state index contributed by atoms with van der Waals surface area (Å²) < 4.78 is 0. The van der Waals surface area contributed by atoms with Gasteiger partial charge in [0.05, 0.1) is 4.92 Å². The van der Waals surface area contributed by atoms with E-state index >= 15 is 0 Å². The Morgan fingerprint density at radius 3 is 2.80 bits per heavy atom. The van der Waals surface area contributed by atoms with E-state index in [1.54, 1.807) is 30.3 Å². The van der Waals surface area contributed by atoms with Gasteiger partial charge in [0.25, 0.3) is 0 Å². The molecule has 2 rings (SSSR count). The molecule has 0 saturated heterocycles. The summed E-state index contributed by atoms with van der Waals surface area (Å²) >= 11 is 5.89. The Bertz CT molecular complexity index is 634. The summed E-state index contributed by atoms with van der Waals surface area (Å²) in [6, 6.07) is 9.90. The molecule has 104 valence electrons. The number of nitrogens with zero attached hydrogens (tertiary/aromatic N) is 2. The minimum Gasteiger partial charge on any atom is -0.370 e. The highest BCUT2D eigenvalue weighted by molar-refractivity contribution is 6.30. The van der Waals surface area contributed by atoms with E-state index in [4.69, 9.17) is 11.6 Å². The summed E-state index contributed by atoms with van der Waals surface area (Å²) in [7, 11) is 0. The van der Waals surface area contributed by atoms with Crippen molar-refractivity contribution in [3.05, 3.63) is 51.5 Å². The van der Waals surface area contributed by atoms with Gasteiger partial charge in [-0.05, 0) is 31.2 Å². The fourth-order valence-electron chi connectivity index (χ4n) is 1.67. The van der Waals surface area contributed by atoms with Crippen molar-refractivity contribution in [1.29, 1.82) is 0 Å². The first-order chi connectivity index (χ1) is 9.60.